The van der Waals surface area contributed by atoms with Crippen LogP contribution in [0.5, 0.6) is 5.75 Å². The Kier molecular flexibility index (Phi) is 4.52. The van der Waals surface area contributed by atoms with Crippen molar-refractivity contribution in [2.24, 2.45) is 0 Å². The Morgan fingerprint density at radius 1 is 1.47 bits per heavy atom. The molecule has 0 aliphatic rings. The van der Waals surface area contributed by atoms with E-state index < -0.39 is 6.04 Å². The van der Waals surface area contributed by atoms with Crippen molar-refractivity contribution in [2.75, 3.05) is 13.7 Å². The predicted molar refractivity (Wildman–Crippen MR) is 66.1 cm³/mol. The number of amides is 1. The highest BCUT2D eigenvalue weighted by atomic mass is 16.5. The van der Waals surface area contributed by atoms with Gasteiger partial charge < -0.3 is 15.2 Å². The summed E-state index contributed by atoms with van der Waals surface area (Å²) < 4.78 is 5.31. The molecule has 0 bridgehead atoms. The standard InChI is InChI=1S/C13H19NO3/c1-8-5-9(2)13(12(6-8)17-4)11(7-15)14-10(3)16/h5-6,11,15H,7H2,1-4H3,(H,14,16). The number of hydrogen-bond acceptors (Lipinski definition) is 3. The maximum atomic E-state index is 11.1. The van der Waals surface area contributed by atoms with Gasteiger partial charge in [0.2, 0.25) is 5.91 Å². The van der Waals surface area contributed by atoms with E-state index in [9.17, 15) is 9.90 Å². The van der Waals surface area contributed by atoms with E-state index in [1.54, 1.807) is 7.11 Å². The van der Waals surface area contributed by atoms with Crippen molar-refractivity contribution in [1.29, 1.82) is 0 Å². The molecule has 0 spiro atoms. The molecule has 1 amide bonds. The summed E-state index contributed by atoms with van der Waals surface area (Å²) in [6.07, 6.45) is 0. The van der Waals surface area contributed by atoms with Crippen LogP contribution in [0.2, 0.25) is 0 Å². The molecular formula is C13H19NO3. The number of benzene rings is 1. The monoisotopic (exact) mass is 237 g/mol. The SMILES string of the molecule is COc1cc(C)cc(C)c1C(CO)NC(C)=O. The second kappa shape index (κ2) is 5.68. The van der Waals surface area contributed by atoms with Crippen molar-refractivity contribution in [3.63, 3.8) is 0 Å². The second-order valence-corrected chi connectivity index (χ2v) is 4.13. The minimum Gasteiger partial charge on any atom is -0.496 e. The molecule has 0 radical (unpaired) electrons. The van der Waals surface area contributed by atoms with E-state index in [0.717, 1.165) is 16.7 Å². The average molecular weight is 237 g/mol. The van der Waals surface area contributed by atoms with Crippen LogP contribution < -0.4 is 10.1 Å². The molecular weight excluding hydrogens is 218 g/mol. The molecule has 1 rings (SSSR count). The Hall–Kier alpha value is -1.55. The number of hydrogen-bond donors (Lipinski definition) is 2. The summed E-state index contributed by atoms with van der Waals surface area (Å²) in [6, 6.07) is 3.47. The van der Waals surface area contributed by atoms with Crippen LogP contribution in [0, 0.1) is 13.8 Å². The third kappa shape index (κ3) is 3.20. The average Bonchev–Trinajstić information content (AvgIpc) is 2.25. The lowest BCUT2D eigenvalue weighted by Crippen LogP contribution is -2.29. The van der Waals surface area contributed by atoms with E-state index in [0.29, 0.717) is 5.75 Å². The first-order valence-corrected chi connectivity index (χ1v) is 5.52. The first-order valence-electron chi connectivity index (χ1n) is 5.52. The Bertz CT molecular complexity index is 415. The number of aryl methyl sites for hydroxylation is 2. The van der Waals surface area contributed by atoms with Crippen molar-refractivity contribution in [1.82, 2.24) is 5.32 Å². The number of carbonyl (C=O) groups is 1. The fourth-order valence-corrected chi connectivity index (χ4v) is 2.01. The lowest BCUT2D eigenvalue weighted by Gasteiger charge is -2.21. The van der Waals surface area contributed by atoms with E-state index in [1.807, 2.05) is 26.0 Å². The van der Waals surface area contributed by atoms with Gasteiger partial charge in [0.15, 0.2) is 0 Å². The summed E-state index contributed by atoms with van der Waals surface area (Å²) in [7, 11) is 1.58. The second-order valence-electron chi connectivity index (χ2n) is 4.13. The number of nitrogens with one attached hydrogen (secondary N) is 1. The van der Waals surface area contributed by atoms with Crippen LogP contribution >= 0.6 is 0 Å². The maximum absolute atomic E-state index is 11.1. The smallest absolute Gasteiger partial charge is 0.217 e. The molecule has 1 aromatic rings. The van der Waals surface area contributed by atoms with Gasteiger partial charge in [-0.1, -0.05) is 6.07 Å². The van der Waals surface area contributed by atoms with Gasteiger partial charge >= 0.3 is 0 Å². The van der Waals surface area contributed by atoms with Gasteiger partial charge in [0.1, 0.15) is 5.75 Å². The molecule has 4 nitrogen and oxygen atoms in total. The van der Waals surface area contributed by atoms with Gasteiger partial charge in [-0.05, 0) is 31.0 Å². The van der Waals surface area contributed by atoms with Crippen LogP contribution in [0.15, 0.2) is 12.1 Å². The predicted octanol–water partition coefficient (Wildman–Crippen LogP) is 1.48. The highest BCUT2D eigenvalue weighted by Gasteiger charge is 2.19. The van der Waals surface area contributed by atoms with E-state index >= 15 is 0 Å². The van der Waals surface area contributed by atoms with Crippen LogP contribution in [0.1, 0.15) is 29.7 Å². The van der Waals surface area contributed by atoms with Crippen LogP contribution in [-0.4, -0.2) is 24.7 Å². The molecule has 0 saturated carbocycles. The molecule has 1 atom stereocenters. The summed E-state index contributed by atoms with van der Waals surface area (Å²) in [4.78, 5) is 11.1. The number of aliphatic hydroxyl groups is 1. The zero-order chi connectivity index (χ0) is 13.0. The molecule has 0 aliphatic carbocycles. The fraction of sp³-hybridized carbons (Fsp3) is 0.462. The number of methoxy groups -OCH3 is 1. The van der Waals surface area contributed by atoms with E-state index in [1.165, 1.54) is 6.92 Å². The number of ether oxygens (including phenoxy) is 1. The number of carbonyl (C=O) groups excluding carboxylic acids is 1. The molecule has 0 aromatic heterocycles. The molecule has 1 aromatic carbocycles. The third-order valence-electron chi connectivity index (χ3n) is 2.62. The lowest BCUT2D eigenvalue weighted by atomic mass is 9.98. The molecule has 17 heavy (non-hydrogen) atoms. The molecule has 1 unspecified atom stereocenters. The van der Waals surface area contributed by atoms with Gasteiger partial charge in [0, 0.05) is 12.5 Å². The summed E-state index contributed by atoms with van der Waals surface area (Å²) >= 11 is 0. The van der Waals surface area contributed by atoms with Crippen LogP contribution in [0.25, 0.3) is 0 Å². The lowest BCUT2D eigenvalue weighted by molar-refractivity contribution is -0.120. The minimum atomic E-state index is -0.428. The van der Waals surface area contributed by atoms with Crippen LogP contribution in [-0.2, 0) is 4.79 Å². The largest absolute Gasteiger partial charge is 0.496 e. The van der Waals surface area contributed by atoms with Gasteiger partial charge in [-0.15, -0.1) is 0 Å². The first-order chi connectivity index (χ1) is 7.99. The summed E-state index contributed by atoms with van der Waals surface area (Å²) in [6.45, 7) is 5.19. The van der Waals surface area contributed by atoms with Gasteiger partial charge in [-0.3, -0.25) is 4.79 Å². The van der Waals surface area contributed by atoms with Crippen LogP contribution in [0.4, 0.5) is 0 Å². The quantitative estimate of drug-likeness (QED) is 0.834. The third-order valence-corrected chi connectivity index (χ3v) is 2.62. The molecule has 0 saturated heterocycles. The zero-order valence-electron chi connectivity index (χ0n) is 10.7. The zero-order valence-corrected chi connectivity index (χ0v) is 10.7. The highest BCUT2D eigenvalue weighted by molar-refractivity contribution is 5.73. The first kappa shape index (κ1) is 13.5. The Morgan fingerprint density at radius 3 is 2.59 bits per heavy atom. The summed E-state index contributed by atoms with van der Waals surface area (Å²) in [5, 5.41) is 12.1. The van der Waals surface area contributed by atoms with Crippen molar-refractivity contribution in [3.05, 3.63) is 28.8 Å². The van der Waals surface area contributed by atoms with Crippen LogP contribution in [0.3, 0.4) is 0 Å². The maximum Gasteiger partial charge on any atom is 0.217 e. The van der Waals surface area contributed by atoms with E-state index in [2.05, 4.69) is 5.32 Å². The molecule has 0 fully saturated rings. The van der Waals surface area contributed by atoms with Gasteiger partial charge in [-0.25, -0.2) is 0 Å². The van der Waals surface area contributed by atoms with Crippen molar-refractivity contribution < 1.29 is 14.6 Å². The summed E-state index contributed by atoms with van der Waals surface area (Å²) in [5.41, 5.74) is 2.91. The normalized spacial score (nSPS) is 12.1. The summed E-state index contributed by atoms with van der Waals surface area (Å²) in [5.74, 6) is 0.515. The Labute approximate surface area is 102 Å². The molecule has 2 N–H and O–H groups in total. The molecule has 0 heterocycles. The minimum absolute atomic E-state index is 0.153. The van der Waals surface area contributed by atoms with Crippen molar-refractivity contribution >= 4 is 5.91 Å². The molecule has 94 valence electrons. The van der Waals surface area contributed by atoms with Gasteiger partial charge in [-0.2, -0.15) is 0 Å². The number of rotatable bonds is 4. The Morgan fingerprint density at radius 2 is 2.12 bits per heavy atom. The molecule has 4 heteroatoms. The number of aliphatic hydroxyl groups excluding tert-OH is 1. The van der Waals surface area contributed by atoms with E-state index in [-0.39, 0.29) is 12.5 Å². The van der Waals surface area contributed by atoms with Gasteiger partial charge in [0.25, 0.3) is 0 Å². The topological polar surface area (TPSA) is 58.6 Å². The van der Waals surface area contributed by atoms with Crippen molar-refractivity contribution in [2.45, 2.75) is 26.8 Å². The van der Waals surface area contributed by atoms with Crippen molar-refractivity contribution in [3.8, 4) is 5.75 Å². The Balaban J connectivity index is 3.21. The van der Waals surface area contributed by atoms with Gasteiger partial charge in [0.05, 0.1) is 19.8 Å². The van der Waals surface area contributed by atoms with E-state index in [4.69, 9.17) is 4.74 Å². The molecule has 0 aliphatic heterocycles. The fourth-order valence-electron chi connectivity index (χ4n) is 2.01. The highest BCUT2D eigenvalue weighted by Crippen LogP contribution is 2.29.